The van der Waals surface area contributed by atoms with Gasteiger partial charge >= 0.3 is 0 Å². The van der Waals surface area contributed by atoms with Crippen LogP contribution in [0.4, 0.5) is 0 Å². The van der Waals surface area contributed by atoms with Crippen LogP contribution in [0.3, 0.4) is 0 Å². The molecule has 2 aliphatic heterocycles. The smallest absolute Gasteiger partial charge is 0.249 e. The van der Waals surface area contributed by atoms with Gasteiger partial charge in [0.2, 0.25) is 17.7 Å². The number of rotatable bonds is 4. The predicted molar refractivity (Wildman–Crippen MR) is 104 cm³/mol. The summed E-state index contributed by atoms with van der Waals surface area (Å²) in [7, 11) is 2.19. The molecule has 0 aliphatic carbocycles. The Balaban J connectivity index is 1.45. The Morgan fingerprint density at radius 1 is 1.21 bits per heavy atom. The van der Waals surface area contributed by atoms with E-state index in [1.165, 1.54) is 0 Å². The highest BCUT2D eigenvalue weighted by Gasteiger charge is 2.42. The first-order chi connectivity index (χ1) is 13.6. The van der Waals surface area contributed by atoms with Crippen LogP contribution >= 0.6 is 0 Å². The van der Waals surface area contributed by atoms with Crippen LogP contribution in [-0.4, -0.2) is 81.1 Å². The van der Waals surface area contributed by atoms with E-state index in [9.17, 15) is 4.79 Å². The number of carbonyl (C=O) groups excluding carboxylic acids is 1. The number of nitrogens with zero attached hydrogens (tertiary/aromatic N) is 6. The molecule has 28 heavy (non-hydrogen) atoms. The fourth-order valence-corrected chi connectivity index (χ4v) is 4.36. The molecule has 2 fully saturated rings. The van der Waals surface area contributed by atoms with Gasteiger partial charge in [0.1, 0.15) is 0 Å². The first-order valence-corrected chi connectivity index (χ1v) is 10.0. The zero-order valence-electron chi connectivity index (χ0n) is 16.7. The summed E-state index contributed by atoms with van der Waals surface area (Å²) in [5, 5.41) is 8.40. The average Bonchev–Trinajstić information content (AvgIpc) is 3.12. The molecular formula is C20H28N6O2. The molecule has 0 bridgehead atoms. The summed E-state index contributed by atoms with van der Waals surface area (Å²) >= 11 is 0. The van der Waals surface area contributed by atoms with Gasteiger partial charge in [-0.25, -0.2) is 0 Å². The lowest BCUT2D eigenvalue weighted by Crippen LogP contribution is -2.60. The highest BCUT2D eigenvalue weighted by atomic mass is 16.4. The van der Waals surface area contributed by atoms with Crippen molar-refractivity contribution in [3.05, 3.63) is 30.4 Å². The summed E-state index contributed by atoms with van der Waals surface area (Å²) in [6, 6.07) is 3.77. The van der Waals surface area contributed by atoms with Crippen LogP contribution in [0.5, 0.6) is 0 Å². The zero-order valence-corrected chi connectivity index (χ0v) is 16.7. The van der Waals surface area contributed by atoms with Crippen LogP contribution in [-0.2, 0) is 11.3 Å². The van der Waals surface area contributed by atoms with Crippen molar-refractivity contribution in [3.63, 3.8) is 0 Å². The first-order valence-electron chi connectivity index (χ1n) is 10.0. The molecule has 1 amide bonds. The lowest BCUT2D eigenvalue weighted by Gasteiger charge is -2.49. The minimum atomic E-state index is 0.0318. The van der Waals surface area contributed by atoms with E-state index in [-0.39, 0.29) is 11.4 Å². The SMILES string of the molecule is CCN1CC[C@]2(CCC1=O)CN(Cc1nnc(-c3cccnc3)o1)CCN2C. The second-order valence-electron chi connectivity index (χ2n) is 7.82. The van der Waals surface area contributed by atoms with Crippen molar-refractivity contribution in [2.45, 2.75) is 38.3 Å². The maximum absolute atomic E-state index is 12.3. The number of likely N-dealkylation sites (N-methyl/N-ethyl adjacent to an activating group) is 1. The summed E-state index contributed by atoms with van der Waals surface area (Å²) in [5.74, 6) is 1.41. The molecular weight excluding hydrogens is 356 g/mol. The first kappa shape index (κ1) is 19.0. The predicted octanol–water partition coefficient (Wildman–Crippen LogP) is 1.65. The number of piperazine rings is 1. The van der Waals surface area contributed by atoms with Gasteiger partial charge in [0.15, 0.2) is 0 Å². The molecule has 0 radical (unpaired) electrons. The van der Waals surface area contributed by atoms with Crippen molar-refractivity contribution in [2.75, 3.05) is 39.8 Å². The molecule has 1 atom stereocenters. The second-order valence-corrected chi connectivity index (χ2v) is 7.82. The van der Waals surface area contributed by atoms with Gasteiger partial charge in [-0.1, -0.05) is 0 Å². The van der Waals surface area contributed by atoms with Gasteiger partial charge in [0.05, 0.1) is 12.1 Å². The molecule has 2 aromatic heterocycles. The molecule has 2 saturated heterocycles. The molecule has 1 spiro atoms. The van der Waals surface area contributed by atoms with Crippen LogP contribution in [0.15, 0.2) is 28.9 Å². The second kappa shape index (κ2) is 7.97. The number of hydrogen-bond acceptors (Lipinski definition) is 7. The van der Waals surface area contributed by atoms with Gasteiger partial charge in [0.25, 0.3) is 0 Å². The van der Waals surface area contributed by atoms with Crippen LogP contribution in [0.25, 0.3) is 11.5 Å². The molecule has 8 nitrogen and oxygen atoms in total. The lowest BCUT2D eigenvalue weighted by molar-refractivity contribution is -0.130. The zero-order chi connectivity index (χ0) is 19.6. The van der Waals surface area contributed by atoms with Gasteiger partial charge in [-0.3, -0.25) is 19.6 Å². The van der Waals surface area contributed by atoms with Crippen LogP contribution < -0.4 is 0 Å². The van der Waals surface area contributed by atoms with E-state index in [2.05, 4.69) is 39.0 Å². The van der Waals surface area contributed by atoms with Crippen molar-refractivity contribution in [1.82, 2.24) is 29.9 Å². The Hall–Kier alpha value is -2.32. The number of amides is 1. The van der Waals surface area contributed by atoms with Gasteiger partial charge in [-0.2, -0.15) is 0 Å². The molecule has 2 aromatic rings. The topological polar surface area (TPSA) is 78.6 Å². The molecule has 150 valence electrons. The normalized spacial score (nSPS) is 24.6. The summed E-state index contributed by atoms with van der Waals surface area (Å²) in [6.45, 7) is 7.16. The molecule has 2 aliphatic rings. The Bertz CT molecular complexity index is 810. The van der Waals surface area contributed by atoms with Crippen molar-refractivity contribution in [3.8, 4) is 11.5 Å². The van der Waals surface area contributed by atoms with E-state index in [4.69, 9.17) is 4.42 Å². The molecule has 0 N–H and O–H groups in total. The lowest BCUT2D eigenvalue weighted by atomic mass is 9.86. The Morgan fingerprint density at radius 3 is 2.89 bits per heavy atom. The molecule has 0 unspecified atom stereocenters. The molecule has 0 saturated carbocycles. The van der Waals surface area contributed by atoms with Gasteiger partial charge in [0, 0.05) is 57.1 Å². The highest BCUT2D eigenvalue weighted by Crippen LogP contribution is 2.32. The molecule has 4 heterocycles. The van der Waals surface area contributed by atoms with Crippen LogP contribution in [0.1, 0.15) is 32.1 Å². The standard InChI is InChI=1S/C20H28N6O2/c1-3-26-10-8-20(7-6-18(26)27)15-25(12-11-24(20)2)14-17-22-23-19(28-17)16-5-4-9-21-13-16/h4-5,9,13H,3,6-8,10-12,14-15H2,1-2H3/t20-/m1/s1. The minimum Gasteiger partial charge on any atom is -0.419 e. The van der Waals surface area contributed by atoms with E-state index in [1.54, 1.807) is 12.4 Å². The van der Waals surface area contributed by atoms with E-state index in [0.717, 1.165) is 51.1 Å². The number of likely N-dealkylation sites (tertiary alicyclic amines) is 1. The van der Waals surface area contributed by atoms with Crippen molar-refractivity contribution < 1.29 is 9.21 Å². The van der Waals surface area contributed by atoms with E-state index in [1.807, 2.05) is 17.0 Å². The number of hydrogen-bond donors (Lipinski definition) is 0. The van der Waals surface area contributed by atoms with Crippen molar-refractivity contribution in [1.29, 1.82) is 0 Å². The fraction of sp³-hybridized carbons (Fsp3) is 0.600. The minimum absolute atomic E-state index is 0.0318. The van der Waals surface area contributed by atoms with Crippen molar-refractivity contribution in [2.24, 2.45) is 0 Å². The summed E-state index contributed by atoms with van der Waals surface area (Å²) in [4.78, 5) is 23.3. The summed E-state index contributed by atoms with van der Waals surface area (Å²) in [5.41, 5.74) is 0.863. The number of pyridine rings is 1. The molecule has 8 heteroatoms. The van der Waals surface area contributed by atoms with Gasteiger partial charge in [-0.15, -0.1) is 10.2 Å². The quantitative estimate of drug-likeness (QED) is 0.793. The third-order valence-corrected chi connectivity index (χ3v) is 6.20. The van der Waals surface area contributed by atoms with E-state index in [0.29, 0.717) is 24.7 Å². The van der Waals surface area contributed by atoms with Crippen molar-refractivity contribution >= 4 is 5.91 Å². The molecule has 4 rings (SSSR count). The van der Waals surface area contributed by atoms with Gasteiger partial charge in [-0.05, 0) is 38.9 Å². The Morgan fingerprint density at radius 2 is 2.11 bits per heavy atom. The Kier molecular flexibility index (Phi) is 5.41. The van der Waals surface area contributed by atoms with E-state index < -0.39 is 0 Å². The summed E-state index contributed by atoms with van der Waals surface area (Å²) < 4.78 is 5.87. The van der Waals surface area contributed by atoms with Crippen LogP contribution in [0, 0.1) is 0 Å². The highest BCUT2D eigenvalue weighted by molar-refractivity contribution is 5.76. The molecule has 0 aromatic carbocycles. The number of aromatic nitrogens is 3. The third kappa shape index (κ3) is 3.79. The fourth-order valence-electron chi connectivity index (χ4n) is 4.36. The van der Waals surface area contributed by atoms with E-state index >= 15 is 0 Å². The maximum atomic E-state index is 12.3. The maximum Gasteiger partial charge on any atom is 0.249 e. The van der Waals surface area contributed by atoms with Gasteiger partial charge < -0.3 is 9.32 Å². The Labute approximate surface area is 165 Å². The van der Waals surface area contributed by atoms with Crippen LogP contribution in [0.2, 0.25) is 0 Å². The summed E-state index contributed by atoms with van der Waals surface area (Å²) in [6.07, 6.45) is 5.98. The monoisotopic (exact) mass is 384 g/mol. The number of carbonyl (C=O) groups is 1. The third-order valence-electron chi connectivity index (χ3n) is 6.20. The average molecular weight is 384 g/mol. The largest absolute Gasteiger partial charge is 0.419 e.